The first-order valence-electron chi connectivity index (χ1n) is 4.32. The maximum Gasteiger partial charge on any atom is 0.190 e. The molecule has 15 heavy (non-hydrogen) atoms. The number of aliphatic hydroxyl groups is 1. The Kier molecular flexibility index (Phi) is 2.27. The highest BCUT2D eigenvalue weighted by molar-refractivity contribution is 9.10. The third-order valence-electron chi connectivity index (χ3n) is 2.03. The SMILES string of the molecule is CC(C)(O)c1nc(Br)n2ccnc2c1F. The van der Waals surface area contributed by atoms with Gasteiger partial charge in [-0.2, -0.15) is 0 Å². The van der Waals surface area contributed by atoms with Crippen LogP contribution in [0.3, 0.4) is 0 Å². The molecule has 0 spiro atoms. The molecule has 6 heteroatoms. The molecule has 0 saturated heterocycles. The Bertz CT molecular complexity index is 518. The van der Waals surface area contributed by atoms with Crippen LogP contribution in [-0.4, -0.2) is 19.5 Å². The van der Waals surface area contributed by atoms with Gasteiger partial charge in [0.25, 0.3) is 0 Å². The molecular weight excluding hydrogens is 265 g/mol. The number of hydrogen-bond donors (Lipinski definition) is 1. The lowest BCUT2D eigenvalue weighted by Gasteiger charge is -2.17. The molecule has 0 amide bonds. The lowest BCUT2D eigenvalue weighted by atomic mass is 10.1. The van der Waals surface area contributed by atoms with Gasteiger partial charge < -0.3 is 5.11 Å². The number of aromatic nitrogens is 3. The van der Waals surface area contributed by atoms with Crippen molar-refractivity contribution < 1.29 is 9.50 Å². The van der Waals surface area contributed by atoms with Gasteiger partial charge in [-0.15, -0.1) is 0 Å². The van der Waals surface area contributed by atoms with E-state index < -0.39 is 11.4 Å². The van der Waals surface area contributed by atoms with Crippen LogP contribution >= 0.6 is 15.9 Å². The highest BCUT2D eigenvalue weighted by Gasteiger charge is 2.26. The van der Waals surface area contributed by atoms with E-state index in [0.29, 0.717) is 4.73 Å². The van der Waals surface area contributed by atoms with Crippen LogP contribution in [0.2, 0.25) is 0 Å². The van der Waals surface area contributed by atoms with Gasteiger partial charge in [-0.25, -0.2) is 14.4 Å². The second-order valence-electron chi connectivity index (χ2n) is 3.72. The number of rotatable bonds is 1. The summed E-state index contributed by atoms with van der Waals surface area (Å²) in [7, 11) is 0. The molecule has 2 aromatic rings. The minimum atomic E-state index is -1.33. The Labute approximate surface area is 93.9 Å². The van der Waals surface area contributed by atoms with Crippen LogP contribution in [-0.2, 0) is 5.60 Å². The van der Waals surface area contributed by atoms with Gasteiger partial charge in [0.05, 0.1) is 0 Å². The Morgan fingerprint density at radius 2 is 2.20 bits per heavy atom. The largest absolute Gasteiger partial charge is 0.384 e. The van der Waals surface area contributed by atoms with Crippen LogP contribution in [0.25, 0.3) is 5.65 Å². The molecule has 1 N–H and O–H groups in total. The zero-order valence-electron chi connectivity index (χ0n) is 8.20. The summed E-state index contributed by atoms with van der Waals surface area (Å²) in [6, 6.07) is 0. The van der Waals surface area contributed by atoms with Crippen LogP contribution in [0.15, 0.2) is 17.1 Å². The van der Waals surface area contributed by atoms with Gasteiger partial charge >= 0.3 is 0 Å². The molecule has 0 atom stereocenters. The van der Waals surface area contributed by atoms with Gasteiger partial charge in [-0.05, 0) is 29.8 Å². The van der Waals surface area contributed by atoms with Crippen LogP contribution < -0.4 is 0 Å². The van der Waals surface area contributed by atoms with Crippen LogP contribution in [0.1, 0.15) is 19.5 Å². The zero-order chi connectivity index (χ0) is 11.2. The van der Waals surface area contributed by atoms with Crippen molar-refractivity contribution in [2.75, 3.05) is 0 Å². The van der Waals surface area contributed by atoms with Crippen molar-refractivity contribution in [1.82, 2.24) is 14.4 Å². The highest BCUT2D eigenvalue weighted by Crippen LogP contribution is 2.25. The summed E-state index contributed by atoms with van der Waals surface area (Å²) in [5.74, 6) is -0.601. The van der Waals surface area contributed by atoms with E-state index >= 15 is 0 Å². The Hall–Kier alpha value is -1.01. The smallest absolute Gasteiger partial charge is 0.190 e. The molecule has 0 bridgehead atoms. The maximum atomic E-state index is 13.9. The third kappa shape index (κ3) is 1.63. The van der Waals surface area contributed by atoms with E-state index in [1.807, 2.05) is 0 Å². The van der Waals surface area contributed by atoms with Gasteiger partial charge in [0.2, 0.25) is 0 Å². The molecule has 0 unspecified atom stereocenters. The van der Waals surface area contributed by atoms with Crippen LogP contribution in [0, 0.1) is 5.82 Å². The molecule has 0 saturated carbocycles. The van der Waals surface area contributed by atoms with E-state index in [0.717, 1.165) is 0 Å². The van der Waals surface area contributed by atoms with Gasteiger partial charge in [0.15, 0.2) is 16.2 Å². The van der Waals surface area contributed by atoms with Crippen molar-refractivity contribution in [2.45, 2.75) is 19.4 Å². The van der Waals surface area contributed by atoms with Crippen LogP contribution in [0.5, 0.6) is 0 Å². The number of hydrogen-bond acceptors (Lipinski definition) is 3. The van der Waals surface area contributed by atoms with E-state index in [2.05, 4.69) is 25.9 Å². The maximum absolute atomic E-state index is 13.9. The zero-order valence-corrected chi connectivity index (χ0v) is 9.79. The predicted molar refractivity (Wildman–Crippen MR) is 55.9 cm³/mol. The molecule has 0 radical (unpaired) electrons. The second-order valence-corrected chi connectivity index (χ2v) is 4.43. The van der Waals surface area contributed by atoms with E-state index in [1.165, 1.54) is 24.4 Å². The van der Waals surface area contributed by atoms with E-state index in [9.17, 15) is 9.50 Å². The topological polar surface area (TPSA) is 50.4 Å². The number of fused-ring (bicyclic) bond motifs is 1. The minimum Gasteiger partial charge on any atom is -0.384 e. The summed E-state index contributed by atoms with van der Waals surface area (Å²) >= 11 is 3.19. The summed E-state index contributed by atoms with van der Waals surface area (Å²) in [6.07, 6.45) is 3.06. The monoisotopic (exact) mass is 273 g/mol. The minimum absolute atomic E-state index is 0.0203. The summed E-state index contributed by atoms with van der Waals surface area (Å²) in [6.45, 7) is 2.95. The molecule has 0 aromatic carbocycles. The second kappa shape index (κ2) is 3.24. The van der Waals surface area contributed by atoms with Crippen molar-refractivity contribution in [3.05, 3.63) is 28.6 Å². The third-order valence-corrected chi connectivity index (χ3v) is 2.59. The molecule has 0 fully saturated rings. The van der Waals surface area contributed by atoms with Crippen molar-refractivity contribution in [1.29, 1.82) is 0 Å². The van der Waals surface area contributed by atoms with Crippen LogP contribution in [0.4, 0.5) is 4.39 Å². The quantitative estimate of drug-likeness (QED) is 0.807. The van der Waals surface area contributed by atoms with Gasteiger partial charge in [-0.3, -0.25) is 4.40 Å². The first-order valence-corrected chi connectivity index (χ1v) is 5.11. The van der Waals surface area contributed by atoms with E-state index in [-0.39, 0.29) is 11.3 Å². The highest BCUT2D eigenvalue weighted by atomic mass is 79.9. The Morgan fingerprint density at radius 3 is 2.80 bits per heavy atom. The van der Waals surface area contributed by atoms with E-state index in [4.69, 9.17) is 0 Å². The van der Waals surface area contributed by atoms with Crippen molar-refractivity contribution >= 4 is 21.6 Å². The number of halogens is 2. The fourth-order valence-corrected chi connectivity index (χ4v) is 1.78. The Morgan fingerprint density at radius 1 is 1.53 bits per heavy atom. The van der Waals surface area contributed by atoms with Crippen molar-refractivity contribution in [2.24, 2.45) is 0 Å². The van der Waals surface area contributed by atoms with Gasteiger partial charge in [0.1, 0.15) is 11.3 Å². The fraction of sp³-hybridized carbons (Fsp3) is 0.333. The number of nitrogens with zero attached hydrogens (tertiary/aromatic N) is 3. The standard InChI is InChI=1S/C9H9BrFN3O/c1-9(2,15)6-5(11)7-12-3-4-14(7)8(10)13-6/h3-4,15H,1-2H3. The number of imidazole rings is 1. The lowest BCUT2D eigenvalue weighted by molar-refractivity contribution is 0.0692. The molecule has 2 heterocycles. The lowest BCUT2D eigenvalue weighted by Crippen LogP contribution is -2.21. The molecule has 80 valence electrons. The average Bonchev–Trinajstić information content (AvgIpc) is 2.58. The first-order chi connectivity index (χ1) is 6.91. The molecule has 0 aliphatic heterocycles. The summed E-state index contributed by atoms with van der Waals surface area (Å²) in [5.41, 5.74) is -1.21. The first kappa shape index (κ1) is 10.5. The fourth-order valence-electron chi connectivity index (χ4n) is 1.32. The molecule has 4 nitrogen and oxygen atoms in total. The molecule has 2 rings (SSSR count). The summed E-state index contributed by atoms with van der Waals surface area (Å²) < 4.78 is 15.7. The van der Waals surface area contributed by atoms with Crippen molar-refractivity contribution in [3.63, 3.8) is 0 Å². The van der Waals surface area contributed by atoms with Gasteiger partial charge in [-0.1, -0.05) is 0 Å². The summed E-state index contributed by atoms with van der Waals surface area (Å²) in [4.78, 5) is 7.82. The van der Waals surface area contributed by atoms with Crippen molar-refractivity contribution in [3.8, 4) is 0 Å². The Balaban J connectivity index is 2.83. The molecule has 0 aliphatic carbocycles. The normalized spacial score (nSPS) is 12.3. The predicted octanol–water partition coefficient (Wildman–Crippen LogP) is 1.86. The molecule has 0 aliphatic rings. The average molecular weight is 274 g/mol. The molecular formula is C9H9BrFN3O. The van der Waals surface area contributed by atoms with Gasteiger partial charge in [0, 0.05) is 12.4 Å². The summed E-state index contributed by atoms with van der Waals surface area (Å²) in [5, 5.41) is 9.73. The van der Waals surface area contributed by atoms with E-state index in [1.54, 1.807) is 6.20 Å². The molecule has 2 aromatic heterocycles.